The standard InChI is InChI=1S/C23H26N2O3/c1-28-21-11-7-17(8-12-21)13-22(26)24-15-19-9-10-20(16-24)25(23(19)27)14-18-5-3-2-4-6-18/h2-8,11-12,19-20H,9-10,13-16H2,1H3/t19-,20+/m1/s1. The lowest BCUT2D eigenvalue weighted by Gasteiger charge is -2.36. The number of hydrogen-bond donors (Lipinski definition) is 0. The van der Waals surface area contributed by atoms with E-state index in [9.17, 15) is 9.59 Å². The van der Waals surface area contributed by atoms with Crippen LogP contribution in [0.4, 0.5) is 0 Å². The zero-order valence-electron chi connectivity index (χ0n) is 16.2. The molecule has 146 valence electrons. The summed E-state index contributed by atoms with van der Waals surface area (Å²) in [5.74, 6) is 0.990. The van der Waals surface area contributed by atoms with Crippen molar-refractivity contribution in [3.05, 3.63) is 65.7 Å². The molecule has 3 heterocycles. The van der Waals surface area contributed by atoms with E-state index in [0.717, 1.165) is 29.7 Å². The second kappa shape index (κ2) is 8.05. The largest absolute Gasteiger partial charge is 0.497 e. The fraction of sp³-hybridized carbons (Fsp3) is 0.391. The Morgan fingerprint density at radius 2 is 1.75 bits per heavy atom. The molecule has 0 aromatic heterocycles. The molecule has 3 aliphatic rings. The molecule has 2 aromatic carbocycles. The van der Waals surface area contributed by atoms with Crippen LogP contribution in [0.15, 0.2) is 54.6 Å². The van der Waals surface area contributed by atoms with Gasteiger partial charge in [0.1, 0.15) is 5.75 Å². The Kier molecular flexibility index (Phi) is 5.33. The molecule has 5 rings (SSSR count). The molecule has 3 fully saturated rings. The van der Waals surface area contributed by atoms with E-state index in [4.69, 9.17) is 4.74 Å². The number of hydrogen-bond acceptors (Lipinski definition) is 3. The van der Waals surface area contributed by atoms with Crippen molar-refractivity contribution in [1.82, 2.24) is 9.80 Å². The van der Waals surface area contributed by atoms with Crippen molar-refractivity contribution in [3.8, 4) is 5.75 Å². The highest BCUT2D eigenvalue weighted by Crippen LogP contribution is 2.30. The summed E-state index contributed by atoms with van der Waals surface area (Å²) < 4.78 is 5.18. The van der Waals surface area contributed by atoms with Gasteiger partial charge in [-0.25, -0.2) is 0 Å². The van der Waals surface area contributed by atoms with Crippen molar-refractivity contribution in [2.75, 3.05) is 20.2 Å². The van der Waals surface area contributed by atoms with Crippen molar-refractivity contribution in [3.63, 3.8) is 0 Å². The minimum Gasteiger partial charge on any atom is -0.497 e. The number of rotatable bonds is 5. The number of piperidine rings is 1. The summed E-state index contributed by atoms with van der Waals surface area (Å²) in [5.41, 5.74) is 2.11. The first-order chi connectivity index (χ1) is 13.6. The third kappa shape index (κ3) is 3.88. The van der Waals surface area contributed by atoms with Crippen LogP contribution in [0.2, 0.25) is 0 Å². The van der Waals surface area contributed by atoms with Crippen molar-refractivity contribution >= 4 is 11.8 Å². The molecule has 3 aliphatic heterocycles. The Labute approximate surface area is 165 Å². The number of carbonyl (C=O) groups excluding carboxylic acids is 2. The molecule has 28 heavy (non-hydrogen) atoms. The first-order valence-electron chi connectivity index (χ1n) is 9.89. The van der Waals surface area contributed by atoms with Gasteiger partial charge in [-0.1, -0.05) is 42.5 Å². The number of ether oxygens (including phenoxy) is 1. The molecule has 0 saturated carbocycles. The van der Waals surface area contributed by atoms with Gasteiger partial charge < -0.3 is 14.5 Å². The van der Waals surface area contributed by atoms with Gasteiger partial charge in [-0.3, -0.25) is 9.59 Å². The Morgan fingerprint density at radius 1 is 1.00 bits per heavy atom. The van der Waals surface area contributed by atoms with Gasteiger partial charge in [-0.2, -0.15) is 0 Å². The minimum atomic E-state index is -0.0812. The van der Waals surface area contributed by atoms with Crippen LogP contribution in [0.3, 0.4) is 0 Å². The summed E-state index contributed by atoms with van der Waals surface area (Å²) in [6.07, 6.45) is 2.20. The van der Waals surface area contributed by atoms with E-state index >= 15 is 0 Å². The van der Waals surface area contributed by atoms with Crippen molar-refractivity contribution in [2.45, 2.75) is 31.8 Å². The van der Waals surface area contributed by atoms with Crippen LogP contribution in [0.5, 0.6) is 5.75 Å². The van der Waals surface area contributed by atoms with Gasteiger partial charge in [0.05, 0.1) is 19.4 Å². The number of carbonyl (C=O) groups is 2. The minimum absolute atomic E-state index is 0.0812. The zero-order chi connectivity index (χ0) is 19.5. The highest BCUT2D eigenvalue weighted by atomic mass is 16.5. The van der Waals surface area contributed by atoms with Crippen LogP contribution < -0.4 is 4.74 Å². The average molecular weight is 378 g/mol. The predicted molar refractivity (Wildman–Crippen MR) is 107 cm³/mol. The second-order valence-corrected chi connectivity index (χ2v) is 7.70. The van der Waals surface area contributed by atoms with Crippen LogP contribution in [0.25, 0.3) is 0 Å². The Balaban J connectivity index is 1.45. The van der Waals surface area contributed by atoms with Crippen LogP contribution in [-0.2, 0) is 22.6 Å². The molecular weight excluding hydrogens is 352 g/mol. The molecular formula is C23H26N2O3. The number of fused-ring (bicyclic) bond motifs is 4. The molecule has 5 heteroatoms. The molecule has 0 spiro atoms. The molecule has 2 bridgehead atoms. The Hall–Kier alpha value is -2.82. The van der Waals surface area contributed by atoms with Crippen LogP contribution in [-0.4, -0.2) is 47.9 Å². The molecule has 0 unspecified atom stereocenters. The van der Waals surface area contributed by atoms with E-state index in [-0.39, 0.29) is 23.8 Å². The summed E-state index contributed by atoms with van der Waals surface area (Å²) in [7, 11) is 1.63. The SMILES string of the molecule is COc1ccc(CC(=O)N2C[C@H]3CC[C@@H](C2)N(Cc2ccccc2)C3=O)cc1. The third-order valence-corrected chi connectivity index (χ3v) is 5.86. The number of nitrogens with zero attached hydrogens (tertiary/aromatic N) is 2. The lowest BCUT2D eigenvalue weighted by atomic mass is 9.93. The molecule has 0 radical (unpaired) electrons. The fourth-order valence-electron chi connectivity index (χ4n) is 4.26. The molecule has 5 nitrogen and oxygen atoms in total. The molecule has 2 aromatic rings. The summed E-state index contributed by atoms with van der Waals surface area (Å²) in [5, 5.41) is 0. The van der Waals surface area contributed by atoms with Crippen molar-refractivity contribution in [1.29, 1.82) is 0 Å². The summed E-state index contributed by atoms with van der Waals surface area (Å²) in [4.78, 5) is 29.8. The maximum atomic E-state index is 13.0. The topological polar surface area (TPSA) is 49.9 Å². The number of benzene rings is 2. The maximum absolute atomic E-state index is 13.0. The van der Waals surface area contributed by atoms with Crippen LogP contribution in [0, 0.1) is 5.92 Å². The lowest BCUT2D eigenvalue weighted by Crippen LogP contribution is -2.47. The van der Waals surface area contributed by atoms with Gasteiger partial charge in [0.15, 0.2) is 0 Å². The van der Waals surface area contributed by atoms with E-state index < -0.39 is 0 Å². The zero-order valence-corrected chi connectivity index (χ0v) is 16.2. The summed E-state index contributed by atoms with van der Waals surface area (Å²) >= 11 is 0. The van der Waals surface area contributed by atoms with Crippen LogP contribution in [0.1, 0.15) is 24.0 Å². The highest BCUT2D eigenvalue weighted by Gasteiger charge is 2.41. The highest BCUT2D eigenvalue weighted by molar-refractivity contribution is 5.84. The molecule has 3 saturated heterocycles. The first kappa shape index (κ1) is 18.5. The lowest BCUT2D eigenvalue weighted by molar-refractivity contribution is -0.140. The Morgan fingerprint density at radius 3 is 2.46 bits per heavy atom. The van der Waals surface area contributed by atoms with Gasteiger partial charge in [0.25, 0.3) is 0 Å². The van der Waals surface area contributed by atoms with Crippen LogP contribution >= 0.6 is 0 Å². The quantitative estimate of drug-likeness (QED) is 0.804. The van der Waals surface area contributed by atoms with Gasteiger partial charge >= 0.3 is 0 Å². The maximum Gasteiger partial charge on any atom is 0.228 e. The van der Waals surface area contributed by atoms with Gasteiger partial charge in [-0.05, 0) is 36.1 Å². The normalized spacial score (nSPS) is 21.5. The van der Waals surface area contributed by atoms with E-state index in [1.54, 1.807) is 7.11 Å². The average Bonchev–Trinajstić information content (AvgIpc) is 3.02. The van der Waals surface area contributed by atoms with E-state index in [1.165, 1.54) is 0 Å². The van der Waals surface area contributed by atoms with Gasteiger partial charge in [0, 0.05) is 25.7 Å². The molecule has 2 amide bonds. The predicted octanol–water partition coefficient (Wildman–Crippen LogP) is 2.89. The fourth-order valence-corrected chi connectivity index (χ4v) is 4.26. The second-order valence-electron chi connectivity index (χ2n) is 7.70. The Bertz CT molecular complexity index is 835. The van der Waals surface area contributed by atoms with E-state index in [1.807, 2.05) is 52.3 Å². The van der Waals surface area contributed by atoms with E-state index in [0.29, 0.717) is 26.1 Å². The number of methoxy groups -OCH3 is 1. The molecule has 0 aliphatic carbocycles. The first-order valence-corrected chi connectivity index (χ1v) is 9.89. The summed E-state index contributed by atoms with van der Waals surface area (Å²) in [6, 6.07) is 17.8. The molecule has 0 N–H and O–H groups in total. The van der Waals surface area contributed by atoms with Crippen molar-refractivity contribution < 1.29 is 14.3 Å². The third-order valence-electron chi connectivity index (χ3n) is 5.86. The smallest absolute Gasteiger partial charge is 0.228 e. The number of amides is 2. The van der Waals surface area contributed by atoms with E-state index in [2.05, 4.69) is 12.1 Å². The monoisotopic (exact) mass is 378 g/mol. The summed E-state index contributed by atoms with van der Waals surface area (Å²) in [6.45, 7) is 1.79. The van der Waals surface area contributed by atoms with Crippen molar-refractivity contribution in [2.24, 2.45) is 5.92 Å². The van der Waals surface area contributed by atoms with Gasteiger partial charge in [0.2, 0.25) is 11.8 Å². The van der Waals surface area contributed by atoms with Gasteiger partial charge in [-0.15, -0.1) is 0 Å². The molecule has 2 atom stereocenters.